The van der Waals surface area contributed by atoms with Crippen molar-refractivity contribution in [1.82, 2.24) is 14.8 Å². The van der Waals surface area contributed by atoms with E-state index in [-0.39, 0.29) is 5.69 Å². The number of nitrogens with zero attached hydrogens (tertiary/aromatic N) is 4. The summed E-state index contributed by atoms with van der Waals surface area (Å²) in [4.78, 5) is 10.5. The van der Waals surface area contributed by atoms with E-state index in [1.165, 1.54) is 18.9 Å². The summed E-state index contributed by atoms with van der Waals surface area (Å²) in [6, 6.07) is 6.95. The number of rotatable bonds is 8. The Morgan fingerprint density at radius 1 is 1.38 bits per heavy atom. The van der Waals surface area contributed by atoms with Crippen LogP contribution in [0.1, 0.15) is 44.5 Å². The monoisotopic (exact) mass is 348 g/mol. The maximum atomic E-state index is 11.0. The minimum Gasteiger partial charge on any atom is -0.486 e. The van der Waals surface area contributed by atoms with E-state index >= 15 is 0 Å². The van der Waals surface area contributed by atoms with Gasteiger partial charge in [0.2, 0.25) is 0 Å². The summed E-state index contributed by atoms with van der Waals surface area (Å²) in [5.74, 6) is 2.33. The van der Waals surface area contributed by atoms with Crippen LogP contribution in [-0.2, 0) is 0 Å². The third-order valence-corrected chi connectivity index (χ3v) is 4.66. The van der Waals surface area contributed by atoms with Crippen molar-refractivity contribution >= 4 is 17.4 Å². The Labute approximate surface area is 144 Å². The van der Waals surface area contributed by atoms with Crippen LogP contribution in [-0.4, -0.2) is 32.0 Å². The molecule has 0 bridgehead atoms. The van der Waals surface area contributed by atoms with Crippen molar-refractivity contribution < 1.29 is 9.66 Å². The number of nitro benzene ring substituents is 1. The molecule has 2 aromatic rings. The average molecular weight is 348 g/mol. The SMILES string of the molecule is CC(C)c1nnc(SCCOc2ccccc2[N+](=O)[O-])n1C1CC1. The summed E-state index contributed by atoms with van der Waals surface area (Å²) < 4.78 is 7.81. The number of aromatic nitrogens is 3. The fourth-order valence-electron chi connectivity index (χ4n) is 2.47. The molecule has 0 N–H and O–H groups in total. The van der Waals surface area contributed by atoms with Gasteiger partial charge >= 0.3 is 5.69 Å². The predicted octanol–water partition coefficient (Wildman–Crippen LogP) is 3.82. The van der Waals surface area contributed by atoms with Gasteiger partial charge in [0, 0.05) is 23.8 Å². The first-order chi connectivity index (χ1) is 11.6. The second kappa shape index (κ2) is 7.21. The highest BCUT2D eigenvalue weighted by Gasteiger charge is 2.30. The highest BCUT2D eigenvalue weighted by molar-refractivity contribution is 7.99. The lowest BCUT2D eigenvalue weighted by molar-refractivity contribution is -0.385. The van der Waals surface area contributed by atoms with Crippen molar-refractivity contribution in [2.45, 2.75) is 43.8 Å². The Morgan fingerprint density at radius 3 is 2.79 bits per heavy atom. The summed E-state index contributed by atoms with van der Waals surface area (Å²) in [7, 11) is 0. The van der Waals surface area contributed by atoms with Gasteiger partial charge < -0.3 is 9.30 Å². The van der Waals surface area contributed by atoms with Gasteiger partial charge in [0.1, 0.15) is 5.82 Å². The lowest BCUT2D eigenvalue weighted by Gasteiger charge is -2.11. The topological polar surface area (TPSA) is 83.1 Å². The number of para-hydroxylation sites is 2. The molecule has 7 nitrogen and oxygen atoms in total. The number of hydrogen-bond donors (Lipinski definition) is 0. The first-order valence-electron chi connectivity index (χ1n) is 8.01. The number of benzene rings is 1. The van der Waals surface area contributed by atoms with E-state index in [2.05, 4.69) is 28.6 Å². The molecule has 24 heavy (non-hydrogen) atoms. The zero-order valence-electron chi connectivity index (χ0n) is 13.7. The van der Waals surface area contributed by atoms with Crippen molar-refractivity contribution in [2.75, 3.05) is 12.4 Å². The van der Waals surface area contributed by atoms with Crippen molar-refractivity contribution in [3.8, 4) is 5.75 Å². The molecule has 1 aliphatic rings. The van der Waals surface area contributed by atoms with Crippen LogP contribution in [0.2, 0.25) is 0 Å². The highest BCUT2D eigenvalue weighted by atomic mass is 32.2. The zero-order valence-corrected chi connectivity index (χ0v) is 14.5. The predicted molar refractivity (Wildman–Crippen MR) is 91.7 cm³/mol. The van der Waals surface area contributed by atoms with Crippen LogP contribution in [0.3, 0.4) is 0 Å². The fourth-order valence-corrected chi connectivity index (χ4v) is 3.30. The zero-order chi connectivity index (χ0) is 17.1. The molecule has 3 rings (SSSR count). The van der Waals surface area contributed by atoms with Gasteiger partial charge in [-0.2, -0.15) is 0 Å². The average Bonchev–Trinajstić information content (AvgIpc) is 3.31. The van der Waals surface area contributed by atoms with E-state index in [1.807, 2.05) is 0 Å². The highest BCUT2D eigenvalue weighted by Crippen LogP contribution is 2.40. The molecule has 128 valence electrons. The van der Waals surface area contributed by atoms with Crippen LogP contribution in [0, 0.1) is 10.1 Å². The Balaban J connectivity index is 1.59. The normalized spacial score (nSPS) is 14.1. The molecule has 1 aromatic carbocycles. The first kappa shape index (κ1) is 16.8. The minimum atomic E-state index is -0.429. The van der Waals surface area contributed by atoms with E-state index in [9.17, 15) is 10.1 Å². The van der Waals surface area contributed by atoms with Gasteiger partial charge in [-0.05, 0) is 18.9 Å². The molecule has 0 aliphatic heterocycles. The van der Waals surface area contributed by atoms with Crippen molar-refractivity contribution in [3.63, 3.8) is 0 Å². The van der Waals surface area contributed by atoms with Gasteiger partial charge in [-0.15, -0.1) is 10.2 Å². The van der Waals surface area contributed by atoms with Gasteiger partial charge in [0.15, 0.2) is 10.9 Å². The molecular formula is C16H20N4O3S. The summed E-state index contributed by atoms with van der Waals surface area (Å²) in [5.41, 5.74) is -0.00857. The Bertz CT molecular complexity index is 728. The van der Waals surface area contributed by atoms with Crippen molar-refractivity contribution in [2.24, 2.45) is 0 Å². The largest absolute Gasteiger partial charge is 0.486 e. The van der Waals surface area contributed by atoms with Gasteiger partial charge in [0.05, 0.1) is 11.5 Å². The van der Waals surface area contributed by atoms with Crippen LogP contribution in [0.25, 0.3) is 0 Å². The van der Waals surface area contributed by atoms with Gasteiger partial charge in [0.25, 0.3) is 0 Å². The molecule has 0 radical (unpaired) electrons. The molecule has 1 aromatic heterocycles. The standard InChI is InChI=1S/C16H20N4O3S/c1-11(2)15-17-18-16(19(15)12-7-8-12)24-10-9-23-14-6-4-3-5-13(14)20(21)22/h3-6,11-12H,7-10H2,1-2H3. The van der Waals surface area contributed by atoms with E-state index in [1.54, 1.807) is 30.0 Å². The lowest BCUT2D eigenvalue weighted by Crippen LogP contribution is -2.06. The fraction of sp³-hybridized carbons (Fsp3) is 0.500. The van der Waals surface area contributed by atoms with Crippen molar-refractivity contribution in [3.05, 3.63) is 40.2 Å². The van der Waals surface area contributed by atoms with Crippen molar-refractivity contribution in [1.29, 1.82) is 0 Å². The molecule has 1 fully saturated rings. The molecule has 0 amide bonds. The summed E-state index contributed by atoms with van der Waals surface area (Å²) in [5, 5.41) is 20.5. The first-order valence-corrected chi connectivity index (χ1v) is 9.00. The van der Waals surface area contributed by atoms with Crippen LogP contribution < -0.4 is 4.74 Å². The van der Waals surface area contributed by atoms with E-state index in [4.69, 9.17) is 4.74 Å². The van der Waals surface area contributed by atoms with Gasteiger partial charge in [-0.1, -0.05) is 37.7 Å². The molecule has 1 saturated carbocycles. The third-order valence-electron chi connectivity index (χ3n) is 3.75. The molecular weight excluding hydrogens is 328 g/mol. The molecule has 0 unspecified atom stereocenters. The number of ether oxygens (including phenoxy) is 1. The van der Waals surface area contributed by atoms with Gasteiger partial charge in [-0.25, -0.2) is 0 Å². The Morgan fingerprint density at radius 2 is 2.12 bits per heavy atom. The summed E-state index contributed by atoms with van der Waals surface area (Å²) >= 11 is 1.58. The number of hydrogen-bond acceptors (Lipinski definition) is 6. The van der Waals surface area contributed by atoms with E-state index in [0.29, 0.717) is 30.1 Å². The maximum Gasteiger partial charge on any atom is 0.310 e. The smallest absolute Gasteiger partial charge is 0.310 e. The van der Waals surface area contributed by atoms with Crippen LogP contribution >= 0.6 is 11.8 Å². The molecule has 1 aliphatic carbocycles. The van der Waals surface area contributed by atoms with E-state index < -0.39 is 4.92 Å². The van der Waals surface area contributed by atoms with Crippen LogP contribution in [0.5, 0.6) is 5.75 Å². The van der Waals surface area contributed by atoms with Gasteiger partial charge in [-0.3, -0.25) is 10.1 Å². The lowest BCUT2D eigenvalue weighted by atomic mass is 10.2. The molecule has 0 spiro atoms. The Hall–Kier alpha value is -2.09. The summed E-state index contributed by atoms with van der Waals surface area (Å²) in [6.45, 7) is 4.62. The summed E-state index contributed by atoms with van der Waals surface area (Å²) in [6.07, 6.45) is 2.36. The quantitative estimate of drug-likeness (QED) is 0.312. The van der Waals surface area contributed by atoms with Crippen LogP contribution in [0.15, 0.2) is 29.4 Å². The Kier molecular flexibility index (Phi) is 5.03. The minimum absolute atomic E-state index is 0.00857. The van der Waals surface area contributed by atoms with Crippen LogP contribution in [0.4, 0.5) is 5.69 Å². The maximum absolute atomic E-state index is 11.0. The second-order valence-electron chi connectivity index (χ2n) is 6.02. The second-order valence-corrected chi connectivity index (χ2v) is 7.08. The molecule has 0 atom stereocenters. The third kappa shape index (κ3) is 3.69. The molecule has 8 heteroatoms. The molecule has 1 heterocycles. The number of thioether (sulfide) groups is 1. The number of nitro groups is 1. The molecule has 0 saturated heterocycles. The van der Waals surface area contributed by atoms with E-state index in [0.717, 1.165) is 11.0 Å².